The number of halogens is 4. The first-order valence-corrected chi connectivity index (χ1v) is 11.9. The summed E-state index contributed by atoms with van der Waals surface area (Å²) in [4.78, 5) is 22.7. The molecule has 8 nitrogen and oxygen atoms in total. The summed E-state index contributed by atoms with van der Waals surface area (Å²) < 4.78 is 28.5. The van der Waals surface area contributed by atoms with Crippen molar-refractivity contribution in [1.29, 1.82) is 0 Å². The van der Waals surface area contributed by atoms with E-state index in [1.807, 2.05) is 0 Å². The molecular weight excluding hydrogens is 569 g/mol. The van der Waals surface area contributed by atoms with Crippen molar-refractivity contribution >= 4 is 83.7 Å². The number of sulfonamides is 1. The van der Waals surface area contributed by atoms with Crippen molar-refractivity contribution in [1.82, 2.24) is 0 Å². The average Bonchev–Trinajstić information content (AvgIpc) is 2.71. The van der Waals surface area contributed by atoms with Gasteiger partial charge < -0.3 is 5.32 Å². The maximum atomic E-state index is 12.8. The van der Waals surface area contributed by atoms with Gasteiger partial charge in [0.1, 0.15) is 5.02 Å². The van der Waals surface area contributed by atoms with Crippen LogP contribution in [0.25, 0.3) is 0 Å². The van der Waals surface area contributed by atoms with Gasteiger partial charge in [-0.1, -0.05) is 50.7 Å². The largest absolute Gasteiger partial charge is 0.322 e. The van der Waals surface area contributed by atoms with Crippen molar-refractivity contribution in [3.63, 3.8) is 0 Å². The number of benzene rings is 3. The fraction of sp³-hybridized carbons (Fsp3) is 0. The zero-order chi connectivity index (χ0) is 23.6. The Labute approximate surface area is 205 Å². The molecule has 32 heavy (non-hydrogen) atoms. The Morgan fingerprint density at radius 2 is 1.62 bits per heavy atom. The van der Waals surface area contributed by atoms with Gasteiger partial charge in [-0.2, -0.15) is 0 Å². The molecule has 0 aromatic heterocycles. The predicted octanol–water partition coefficient (Wildman–Crippen LogP) is 6.37. The first kappa shape index (κ1) is 24.3. The highest BCUT2D eigenvalue weighted by atomic mass is 79.9. The lowest BCUT2D eigenvalue weighted by Crippen LogP contribution is -2.19. The van der Waals surface area contributed by atoms with E-state index in [0.717, 1.165) is 18.2 Å². The van der Waals surface area contributed by atoms with Crippen LogP contribution >= 0.6 is 50.7 Å². The van der Waals surface area contributed by atoms with Crippen LogP contribution in [0, 0.1) is 10.1 Å². The van der Waals surface area contributed by atoms with E-state index in [1.165, 1.54) is 36.4 Å². The van der Waals surface area contributed by atoms with Crippen LogP contribution in [-0.4, -0.2) is 19.2 Å². The monoisotopic (exact) mass is 577 g/mol. The fourth-order valence-corrected chi connectivity index (χ4v) is 4.51. The van der Waals surface area contributed by atoms with E-state index in [0.29, 0.717) is 15.2 Å². The van der Waals surface area contributed by atoms with Crippen molar-refractivity contribution in [2.24, 2.45) is 0 Å². The van der Waals surface area contributed by atoms with E-state index in [2.05, 4.69) is 26.0 Å². The zero-order valence-corrected chi connectivity index (χ0v) is 20.3. The molecule has 166 valence electrons. The minimum Gasteiger partial charge on any atom is -0.322 e. The summed E-state index contributed by atoms with van der Waals surface area (Å²) in [6.45, 7) is 0. The summed E-state index contributed by atoms with van der Waals surface area (Å²) in [5.74, 6) is -0.635. The fourth-order valence-electron chi connectivity index (χ4n) is 2.57. The second kappa shape index (κ2) is 9.63. The molecule has 0 aliphatic rings. The molecule has 0 aliphatic heterocycles. The van der Waals surface area contributed by atoms with Gasteiger partial charge in [0.15, 0.2) is 0 Å². The SMILES string of the molecule is O=C(Nc1ccc(Cl)c(Cl)c1)c1cc(Br)ccc1NS(=O)(=O)c1ccc(Cl)c([N+](=O)[O-])c1. The number of anilines is 2. The van der Waals surface area contributed by atoms with E-state index in [-0.39, 0.29) is 21.3 Å². The predicted molar refractivity (Wildman–Crippen MR) is 127 cm³/mol. The Kier molecular flexibility index (Phi) is 7.31. The van der Waals surface area contributed by atoms with Gasteiger partial charge in [0.25, 0.3) is 21.6 Å². The standard InChI is InChI=1S/C19H11BrCl3N3O5S/c20-10-1-6-17(13(7-10)19(27)24-11-2-4-14(21)16(23)8-11)25-32(30,31)12-3-5-15(22)18(9-12)26(28)29/h1-9,25H,(H,24,27). The number of carbonyl (C=O) groups is 1. The third-order valence-corrected chi connectivity index (χ3v) is 6.99. The number of hydrogen-bond donors (Lipinski definition) is 2. The van der Waals surface area contributed by atoms with Crippen molar-refractivity contribution < 1.29 is 18.1 Å². The molecule has 0 bridgehead atoms. The quantitative estimate of drug-likeness (QED) is 0.260. The Bertz CT molecular complexity index is 1350. The third-order valence-electron chi connectivity index (χ3n) is 4.07. The van der Waals surface area contributed by atoms with Crippen molar-refractivity contribution in [3.05, 3.63) is 89.8 Å². The number of carbonyl (C=O) groups excluding carboxylic acids is 1. The molecule has 0 atom stereocenters. The Morgan fingerprint density at radius 1 is 0.938 bits per heavy atom. The summed E-state index contributed by atoms with van der Waals surface area (Å²) in [6.07, 6.45) is 0. The summed E-state index contributed by atoms with van der Waals surface area (Å²) in [6, 6.07) is 11.8. The zero-order valence-electron chi connectivity index (χ0n) is 15.6. The molecule has 0 unspecified atom stereocenters. The van der Waals surface area contributed by atoms with Crippen LogP contribution in [0.5, 0.6) is 0 Å². The van der Waals surface area contributed by atoms with Gasteiger partial charge in [-0.3, -0.25) is 19.6 Å². The first-order valence-electron chi connectivity index (χ1n) is 8.50. The van der Waals surface area contributed by atoms with Gasteiger partial charge in [-0.25, -0.2) is 8.42 Å². The minimum atomic E-state index is -4.29. The second-order valence-corrected chi connectivity index (χ2v) is 10.1. The number of nitro groups is 1. The van der Waals surface area contributed by atoms with E-state index >= 15 is 0 Å². The molecular formula is C19H11BrCl3N3O5S. The lowest BCUT2D eigenvalue weighted by molar-refractivity contribution is -0.384. The number of hydrogen-bond acceptors (Lipinski definition) is 5. The highest BCUT2D eigenvalue weighted by Crippen LogP contribution is 2.30. The van der Waals surface area contributed by atoms with Crippen LogP contribution < -0.4 is 10.0 Å². The number of rotatable bonds is 6. The van der Waals surface area contributed by atoms with Crippen molar-refractivity contribution in [2.75, 3.05) is 10.0 Å². The molecule has 3 aromatic carbocycles. The molecule has 3 rings (SSSR count). The Hall–Kier alpha value is -2.37. The Balaban J connectivity index is 1.95. The van der Waals surface area contributed by atoms with Crippen LogP contribution in [0.4, 0.5) is 17.1 Å². The van der Waals surface area contributed by atoms with Gasteiger partial charge in [0, 0.05) is 16.2 Å². The molecule has 1 amide bonds. The van der Waals surface area contributed by atoms with E-state index in [1.54, 1.807) is 0 Å². The van der Waals surface area contributed by atoms with E-state index in [9.17, 15) is 23.3 Å². The summed E-state index contributed by atoms with van der Waals surface area (Å²) in [7, 11) is -4.29. The van der Waals surface area contributed by atoms with E-state index < -0.39 is 31.4 Å². The molecule has 0 fully saturated rings. The molecule has 0 saturated heterocycles. The molecule has 0 aliphatic carbocycles. The second-order valence-electron chi connectivity index (χ2n) is 6.25. The van der Waals surface area contributed by atoms with Crippen LogP contribution in [0.2, 0.25) is 15.1 Å². The first-order chi connectivity index (χ1) is 15.0. The van der Waals surface area contributed by atoms with Crippen LogP contribution in [0.15, 0.2) is 64.0 Å². The number of nitrogens with zero attached hydrogens (tertiary/aromatic N) is 1. The topological polar surface area (TPSA) is 118 Å². The summed E-state index contributed by atoms with van der Waals surface area (Å²) >= 11 is 20.8. The maximum Gasteiger partial charge on any atom is 0.289 e. The Morgan fingerprint density at radius 3 is 2.28 bits per heavy atom. The van der Waals surface area contributed by atoms with Gasteiger partial charge in [-0.05, 0) is 48.5 Å². The summed E-state index contributed by atoms with van der Waals surface area (Å²) in [5, 5.41) is 14.0. The third kappa shape index (κ3) is 5.51. The summed E-state index contributed by atoms with van der Waals surface area (Å²) in [5.41, 5.74) is -0.296. The normalized spacial score (nSPS) is 11.1. The molecule has 0 saturated carbocycles. The van der Waals surface area contributed by atoms with Crippen molar-refractivity contribution in [3.8, 4) is 0 Å². The molecule has 13 heteroatoms. The average molecular weight is 580 g/mol. The highest BCUT2D eigenvalue weighted by Gasteiger charge is 2.23. The van der Waals surface area contributed by atoms with Crippen molar-refractivity contribution in [2.45, 2.75) is 4.90 Å². The van der Waals surface area contributed by atoms with E-state index in [4.69, 9.17) is 34.8 Å². The molecule has 0 radical (unpaired) electrons. The van der Waals surface area contributed by atoms with Gasteiger partial charge in [0.2, 0.25) is 0 Å². The lowest BCUT2D eigenvalue weighted by atomic mass is 10.1. The molecule has 0 spiro atoms. The van der Waals surface area contributed by atoms with Gasteiger partial charge in [0.05, 0.1) is 31.1 Å². The van der Waals surface area contributed by atoms with Crippen LogP contribution in [0.3, 0.4) is 0 Å². The minimum absolute atomic E-state index is 0.0162. The van der Waals surface area contributed by atoms with Gasteiger partial charge in [-0.15, -0.1) is 0 Å². The van der Waals surface area contributed by atoms with Crippen LogP contribution in [-0.2, 0) is 10.0 Å². The molecule has 0 heterocycles. The number of nitro benzene ring substituents is 1. The number of amides is 1. The molecule has 3 aromatic rings. The van der Waals surface area contributed by atoms with Gasteiger partial charge >= 0.3 is 0 Å². The molecule has 2 N–H and O–H groups in total. The smallest absolute Gasteiger partial charge is 0.289 e. The van der Waals surface area contributed by atoms with Crippen LogP contribution in [0.1, 0.15) is 10.4 Å². The lowest BCUT2D eigenvalue weighted by Gasteiger charge is -2.14. The highest BCUT2D eigenvalue weighted by molar-refractivity contribution is 9.10. The maximum absolute atomic E-state index is 12.8. The number of nitrogens with one attached hydrogen (secondary N) is 2.